The van der Waals surface area contributed by atoms with E-state index >= 15 is 0 Å². The van der Waals surface area contributed by atoms with Crippen LogP contribution >= 0.6 is 28.3 Å². The Balaban J connectivity index is 0.00000192. The first-order valence-corrected chi connectivity index (χ1v) is 9.17. The van der Waals surface area contributed by atoms with E-state index in [1.807, 2.05) is 4.90 Å². The molecule has 3 nitrogen and oxygen atoms in total. The van der Waals surface area contributed by atoms with Crippen LogP contribution in [0, 0.1) is 5.41 Å². The molecule has 1 saturated carbocycles. The summed E-state index contributed by atoms with van der Waals surface area (Å²) in [4.78, 5) is 14.8. The highest BCUT2D eigenvalue weighted by Gasteiger charge is 2.35. The topological polar surface area (TPSA) is 46.3 Å². The van der Waals surface area contributed by atoms with Crippen LogP contribution in [0.4, 0.5) is 0 Å². The molecule has 0 saturated heterocycles. The third-order valence-electron chi connectivity index (χ3n) is 5.44. The molecule has 3 rings (SSSR count). The van der Waals surface area contributed by atoms with Gasteiger partial charge in [-0.2, -0.15) is 0 Å². The van der Waals surface area contributed by atoms with Gasteiger partial charge >= 0.3 is 0 Å². The molecule has 23 heavy (non-hydrogen) atoms. The van der Waals surface area contributed by atoms with Crippen molar-refractivity contribution >= 4 is 34.2 Å². The zero-order chi connectivity index (χ0) is 15.6. The Morgan fingerprint density at radius 1 is 1.26 bits per heavy atom. The summed E-state index contributed by atoms with van der Waals surface area (Å²) in [5, 5.41) is 0. The number of nitrogens with zero attached hydrogens (tertiary/aromatic N) is 1. The van der Waals surface area contributed by atoms with Crippen LogP contribution in [0.25, 0.3) is 0 Å². The number of benzene rings is 1. The van der Waals surface area contributed by atoms with E-state index in [-0.39, 0.29) is 23.7 Å². The highest BCUT2D eigenvalue weighted by atomic mass is 79.9. The molecule has 1 fully saturated rings. The van der Waals surface area contributed by atoms with E-state index in [2.05, 4.69) is 34.1 Å². The van der Waals surface area contributed by atoms with Gasteiger partial charge in [0.2, 0.25) is 5.91 Å². The Labute approximate surface area is 153 Å². The summed E-state index contributed by atoms with van der Waals surface area (Å²) in [7, 11) is 0. The fraction of sp³-hybridized carbons (Fsp3) is 0.611. The summed E-state index contributed by atoms with van der Waals surface area (Å²) < 4.78 is 1.12. The van der Waals surface area contributed by atoms with Crippen LogP contribution in [-0.4, -0.2) is 23.9 Å². The second-order valence-electron chi connectivity index (χ2n) is 6.88. The Bertz CT molecular complexity index is 558. The van der Waals surface area contributed by atoms with Gasteiger partial charge in [-0.25, -0.2) is 0 Å². The third-order valence-corrected chi connectivity index (χ3v) is 6.19. The maximum atomic E-state index is 12.8. The number of rotatable bonds is 3. The molecule has 128 valence electrons. The molecule has 0 aromatic heterocycles. The van der Waals surface area contributed by atoms with Gasteiger partial charge in [0.15, 0.2) is 0 Å². The van der Waals surface area contributed by atoms with E-state index in [9.17, 15) is 4.79 Å². The quantitative estimate of drug-likeness (QED) is 0.830. The average molecular weight is 402 g/mol. The van der Waals surface area contributed by atoms with Crippen LogP contribution in [0.2, 0.25) is 0 Å². The van der Waals surface area contributed by atoms with Gasteiger partial charge in [-0.15, -0.1) is 12.4 Å². The van der Waals surface area contributed by atoms with Crippen molar-refractivity contribution in [1.82, 2.24) is 4.90 Å². The molecular formula is C18H26BrClN2O. The van der Waals surface area contributed by atoms with Crippen molar-refractivity contribution in [2.75, 3.05) is 13.1 Å². The average Bonchev–Trinajstić information content (AvgIpc) is 2.56. The number of hydrogen-bond donors (Lipinski definition) is 1. The predicted molar refractivity (Wildman–Crippen MR) is 99.7 cm³/mol. The lowest BCUT2D eigenvalue weighted by Crippen LogP contribution is -2.42. The van der Waals surface area contributed by atoms with Crippen LogP contribution in [0.15, 0.2) is 22.7 Å². The first-order valence-electron chi connectivity index (χ1n) is 8.38. The first-order chi connectivity index (χ1) is 10.6. The molecule has 0 spiro atoms. The normalized spacial score (nSPS) is 19.7. The number of hydrogen-bond acceptors (Lipinski definition) is 2. The van der Waals surface area contributed by atoms with Crippen LogP contribution in [-0.2, 0) is 17.8 Å². The molecular weight excluding hydrogens is 376 g/mol. The standard InChI is InChI=1S/C18H25BrN2O.ClH/c19-16-6-4-5-14-7-10-21(12-15(14)16)17(22)11-18(13-20)8-2-1-3-9-18;/h4-6H,1-3,7-13,20H2;1H. The monoisotopic (exact) mass is 400 g/mol. The van der Waals surface area contributed by atoms with Gasteiger partial charge in [-0.1, -0.05) is 47.3 Å². The minimum absolute atomic E-state index is 0. The van der Waals surface area contributed by atoms with E-state index in [0.717, 1.165) is 36.8 Å². The minimum Gasteiger partial charge on any atom is -0.338 e. The van der Waals surface area contributed by atoms with Gasteiger partial charge in [0.1, 0.15) is 0 Å². The number of amides is 1. The Morgan fingerprint density at radius 2 is 2.00 bits per heavy atom. The van der Waals surface area contributed by atoms with Gasteiger partial charge in [-0.05, 0) is 48.4 Å². The highest BCUT2D eigenvalue weighted by molar-refractivity contribution is 9.10. The van der Waals surface area contributed by atoms with E-state index in [4.69, 9.17) is 5.73 Å². The minimum atomic E-state index is 0. The maximum Gasteiger partial charge on any atom is 0.223 e. The molecule has 1 aromatic rings. The lowest BCUT2D eigenvalue weighted by Gasteiger charge is -2.38. The van der Waals surface area contributed by atoms with Crippen LogP contribution in [0.5, 0.6) is 0 Å². The van der Waals surface area contributed by atoms with E-state index < -0.39 is 0 Å². The molecule has 2 N–H and O–H groups in total. The van der Waals surface area contributed by atoms with Crippen molar-refractivity contribution in [3.63, 3.8) is 0 Å². The number of halogens is 2. The van der Waals surface area contributed by atoms with E-state index in [0.29, 0.717) is 13.0 Å². The summed E-state index contributed by atoms with van der Waals surface area (Å²) in [5.74, 6) is 0.286. The largest absolute Gasteiger partial charge is 0.338 e. The summed E-state index contributed by atoms with van der Waals surface area (Å²) in [6.45, 7) is 2.21. The van der Waals surface area contributed by atoms with Crippen LogP contribution in [0.3, 0.4) is 0 Å². The Hall–Kier alpha value is -0.580. The molecule has 0 bridgehead atoms. The third kappa shape index (κ3) is 4.09. The van der Waals surface area contributed by atoms with Gasteiger partial charge in [0, 0.05) is 24.0 Å². The molecule has 1 aliphatic carbocycles. The van der Waals surface area contributed by atoms with Crippen molar-refractivity contribution in [2.45, 2.75) is 51.5 Å². The molecule has 0 atom stereocenters. The van der Waals surface area contributed by atoms with Gasteiger partial charge in [-0.3, -0.25) is 4.79 Å². The number of nitrogens with two attached hydrogens (primary N) is 1. The van der Waals surface area contributed by atoms with Gasteiger partial charge in [0.05, 0.1) is 0 Å². The maximum absolute atomic E-state index is 12.8. The molecule has 1 heterocycles. The van der Waals surface area contributed by atoms with Gasteiger partial charge in [0.25, 0.3) is 0 Å². The second-order valence-corrected chi connectivity index (χ2v) is 7.74. The van der Waals surface area contributed by atoms with Crippen molar-refractivity contribution in [3.8, 4) is 0 Å². The van der Waals surface area contributed by atoms with Crippen molar-refractivity contribution in [3.05, 3.63) is 33.8 Å². The molecule has 1 amide bonds. The predicted octanol–water partition coefficient (Wildman–Crippen LogP) is 4.05. The van der Waals surface area contributed by atoms with Gasteiger partial charge < -0.3 is 10.6 Å². The summed E-state index contributed by atoms with van der Waals surface area (Å²) in [6, 6.07) is 6.31. The van der Waals surface area contributed by atoms with Crippen LogP contribution < -0.4 is 5.73 Å². The Kier molecular flexibility index (Phi) is 6.52. The molecule has 0 unspecified atom stereocenters. The fourth-order valence-electron chi connectivity index (χ4n) is 3.94. The first kappa shape index (κ1) is 18.8. The molecule has 1 aliphatic heterocycles. The summed E-state index contributed by atoms with van der Waals surface area (Å²) in [6.07, 6.45) is 7.55. The summed E-state index contributed by atoms with van der Waals surface area (Å²) >= 11 is 3.62. The van der Waals surface area contributed by atoms with Crippen molar-refractivity contribution in [2.24, 2.45) is 11.1 Å². The lowest BCUT2D eigenvalue weighted by atomic mass is 9.71. The smallest absolute Gasteiger partial charge is 0.223 e. The fourth-order valence-corrected chi connectivity index (χ4v) is 4.47. The number of fused-ring (bicyclic) bond motifs is 1. The zero-order valence-corrected chi connectivity index (χ0v) is 15.9. The highest BCUT2D eigenvalue weighted by Crippen LogP contribution is 2.39. The molecule has 5 heteroatoms. The molecule has 0 radical (unpaired) electrons. The molecule has 1 aromatic carbocycles. The van der Waals surface area contributed by atoms with E-state index in [1.165, 1.54) is 30.4 Å². The number of carbonyl (C=O) groups excluding carboxylic acids is 1. The van der Waals surface area contributed by atoms with Crippen molar-refractivity contribution < 1.29 is 4.79 Å². The SMILES string of the molecule is Cl.NCC1(CC(=O)N2CCc3cccc(Br)c3C2)CCCCC1. The Morgan fingerprint density at radius 3 is 2.70 bits per heavy atom. The van der Waals surface area contributed by atoms with E-state index in [1.54, 1.807) is 0 Å². The second kappa shape index (κ2) is 8.00. The van der Waals surface area contributed by atoms with Crippen LogP contribution in [0.1, 0.15) is 49.7 Å². The number of carbonyl (C=O) groups is 1. The zero-order valence-electron chi connectivity index (χ0n) is 13.5. The van der Waals surface area contributed by atoms with Crippen molar-refractivity contribution in [1.29, 1.82) is 0 Å². The summed E-state index contributed by atoms with van der Waals surface area (Å²) in [5.41, 5.74) is 8.73. The molecule has 2 aliphatic rings. The lowest BCUT2D eigenvalue weighted by molar-refractivity contribution is -0.135.